The number of halogens is 2. The van der Waals surface area contributed by atoms with E-state index in [1.54, 1.807) is 6.92 Å². The highest BCUT2D eigenvalue weighted by atomic mass is 19.2. The zero-order chi connectivity index (χ0) is 18.4. The highest BCUT2D eigenvalue weighted by Crippen LogP contribution is 2.15. The maximum absolute atomic E-state index is 13.2. The third-order valence-electron chi connectivity index (χ3n) is 3.95. The first-order valence-corrected chi connectivity index (χ1v) is 8.08. The molecule has 0 radical (unpaired) electrons. The Morgan fingerprint density at radius 2 is 1.76 bits per heavy atom. The molecule has 2 aromatic carbocycles. The van der Waals surface area contributed by atoms with Gasteiger partial charge in [-0.3, -0.25) is 4.79 Å². The minimum absolute atomic E-state index is 0.0932. The van der Waals surface area contributed by atoms with Crippen LogP contribution in [0.5, 0.6) is 0 Å². The second kappa shape index (κ2) is 8.58. The number of carbonyl (C=O) groups is 1. The van der Waals surface area contributed by atoms with Crippen LogP contribution in [0.25, 0.3) is 0 Å². The second-order valence-electron chi connectivity index (χ2n) is 6.11. The van der Waals surface area contributed by atoms with Crippen LogP contribution >= 0.6 is 0 Å². The number of anilines is 1. The third kappa shape index (κ3) is 5.53. The zero-order valence-corrected chi connectivity index (χ0v) is 14.6. The van der Waals surface area contributed by atoms with E-state index in [1.165, 1.54) is 6.07 Å². The highest BCUT2D eigenvalue weighted by Gasteiger charge is 2.10. The molecule has 0 aliphatic carbocycles. The van der Waals surface area contributed by atoms with Gasteiger partial charge >= 0.3 is 0 Å². The van der Waals surface area contributed by atoms with Gasteiger partial charge < -0.3 is 15.5 Å². The quantitative estimate of drug-likeness (QED) is 0.809. The summed E-state index contributed by atoms with van der Waals surface area (Å²) in [6.45, 7) is 2.32. The van der Waals surface area contributed by atoms with Crippen molar-refractivity contribution >= 4 is 11.6 Å². The summed E-state index contributed by atoms with van der Waals surface area (Å²) >= 11 is 0. The highest BCUT2D eigenvalue weighted by molar-refractivity contribution is 5.78. The molecule has 134 valence electrons. The molecule has 1 atom stereocenters. The summed E-state index contributed by atoms with van der Waals surface area (Å²) in [4.78, 5) is 13.9. The van der Waals surface area contributed by atoms with Gasteiger partial charge in [-0.05, 0) is 42.3 Å². The van der Waals surface area contributed by atoms with Crippen molar-refractivity contribution in [3.05, 3.63) is 65.2 Å². The number of nitrogens with one attached hydrogen (secondary N) is 2. The summed E-state index contributed by atoms with van der Waals surface area (Å²) in [6, 6.07) is 11.4. The van der Waals surface area contributed by atoms with E-state index in [0.717, 1.165) is 23.4 Å². The Labute approximate surface area is 146 Å². The van der Waals surface area contributed by atoms with Gasteiger partial charge in [0.1, 0.15) is 0 Å². The summed E-state index contributed by atoms with van der Waals surface area (Å²) in [5, 5.41) is 5.82. The molecule has 0 fully saturated rings. The van der Waals surface area contributed by atoms with E-state index in [4.69, 9.17) is 0 Å². The fourth-order valence-electron chi connectivity index (χ4n) is 2.32. The van der Waals surface area contributed by atoms with Crippen LogP contribution in [0.15, 0.2) is 42.5 Å². The van der Waals surface area contributed by atoms with Gasteiger partial charge in [-0.25, -0.2) is 8.78 Å². The van der Waals surface area contributed by atoms with Crippen molar-refractivity contribution < 1.29 is 13.6 Å². The summed E-state index contributed by atoms with van der Waals surface area (Å²) in [5.74, 6) is -1.93. The van der Waals surface area contributed by atoms with Crippen LogP contribution in [0.1, 0.15) is 24.1 Å². The Hall–Kier alpha value is -2.47. The molecular weight excluding hydrogens is 324 g/mol. The van der Waals surface area contributed by atoms with Crippen LogP contribution in [-0.4, -0.2) is 26.5 Å². The second-order valence-corrected chi connectivity index (χ2v) is 6.11. The van der Waals surface area contributed by atoms with Gasteiger partial charge in [-0.1, -0.05) is 18.2 Å². The zero-order valence-electron chi connectivity index (χ0n) is 14.6. The van der Waals surface area contributed by atoms with Gasteiger partial charge in [0.05, 0.1) is 6.54 Å². The number of benzene rings is 2. The number of carbonyl (C=O) groups excluding carboxylic acids is 1. The number of nitrogens with zero attached hydrogens (tertiary/aromatic N) is 1. The molecule has 4 nitrogen and oxygen atoms in total. The van der Waals surface area contributed by atoms with Crippen LogP contribution < -0.4 is 15.5 Å². The predicted molar refractivity (Wildman–Crippen MR) is 95.4 cm³/mol. The summed E-state index contributed by atoms with van der Waals surface area (Å²) in [6.07, 6.45) is 0. The first-order valence-electron chi connectivity index (χ1n) is 8.08. The molecule has 2 rings (SSSR count). The van der Waals surface area contributed by atoms with E-state index >= 15 is 0 Å². The molecule has 0 saturated carbocycles. The maximum atomic E-state index is 13.2. The molecule has 0 aliphatic heterocycles. The number of hydrogen-bond acceptors (Lipinski definition) is 3. The van der Waals surface area contributed by atoms with Gasteiger partial charge in [-0.15, -0.1) is 0 Å². The average Bonchev–Trinajstić information content (AvgIpc) is 2.60. The maximum Gasteiger partial charge on any atom is 0.234 e. The van der Waals surface area contributed by atoms with Crippen molar-refractivity contribution in [2.45, 2.75) is 19.5 Å². The largest absolute Gasteiger partial charge is 0.378 e. The Morgan fingerprint density at radius 1 is 1.08 bits per heavy atom. The summed E-state index contributed by atoms with van der Waals surface area (Å²) in [7, 11) is 3.94. The monoisotopic (exact) mass is 347 g/mol. The molecule has 1 amide bonds. The van der Waals surface area contributed by atoms with Gasteiger partial charge in [0.25, 0.3) is 0 Å². The fraction of sp³-hybridized carbons (Fsp3) is 0.316. The van der Waals surface area contributed by atoms with Crippen molar-refractivity contribution in [2.24, 2.45) is 0 Å². The van der Waals surface area contributed by atoms with Crippen LogP contribution in [0.2, 0.25) is 0 Å². The Morgan fingerprint density at radius 3 is 2.36 bits per heavy atom. The molecule has 25 heavy (non-hydrogen) atoms. The normalized spacial score (nSPS) is 11.9. The minimum atomic E-state index is -0.892. The summed E-state index contributed by atoms with van der Waals surface area (Å²) < 4.78 is 26.2. The van der Waals surface area contributed by atoms with E-state index in [2.05, 4.69) is 10.6 Å². The number of rotatable bonds is 7. The van der Waals surface area contributed by atoms with Crippen molar-refractivity contribution in [3.8, 4) is 0 Å². The van der Waals surface area contributed by atoms with Gasteiger partial charge in [-0.2, -0.15) is 0 Å². The molecular formula is C19H23F2N3O. The standard InChI is InChI=1S/C19H23F2N3O/c1-13(15-6-9-17(20)18(21)10-15)22-12-19(25)23-11-14-4-7-16(8-5-14)24(2)3/h4-10,13,22H,11-12H2,1-3H3,(H,23,25)/t13-/m0/s1. The fourth-order valence-corrected chi connectivity index (χ4v) is 2.32. The minimum Gasteiger partial charge on any atom is -0.378 e. The van der Waals surface area contributed by atoms with Crippen molar-refractivity contribution in [1.29, 1.82) is 0 Å². The molecule has 0 aliphatic rings. The molecule has 6 heteroatoms. The molecule has 0 saturated heterocycles. The van der Waals surface area contributed by atoms with Crippen LogP contribution in [0, 0.1) is 11.6 Å². The molecule has 0 heterocycles. The van der Waals surface area contributed by atoms with Crippen molar-refractivity contribution in [3.63, 3.8) is 0 Å². The number of hydrogen-bond donors (Lipinski definition) is 2. The first-order chi connectivity index (χ1) is 11.9. The van der Waals surface area contributed by atoms with Gasteiger partial charge in [0.2, 0.25) is 5.91 Å². The smallest absolute Gasteiger partial charge is 0.234 e. The van der Waals surface area contributed by atoms with Crippen molar-refractivity contribution in [2.75, 3.05) is 25.5 Å². The number of amides is 1. The van der Waals surface area contributed by atoms with Crippen molar-refractivity contribution in [1.82, 2.24) is 10.6 Å². The summed E-state index contributed by atoms with van der Waals surface area (Å²) in [5.41, 5.74) is 2.69. The molecule has 0 spiro atoms. The topological polar surface area (TPSA) is 44.4 Å². The SMILES string of the molecule is C[C@H](NCC(=O)NCc1ccc(N(C)C)cc1)c1ccc(F)c(F)c1. The van der Waals surface area contributed by atoms with E-state index in [-0.39, 0.29) is 18.5 Å². The Bertz CT molecular complexity index is 717. The van der Waals surface area contributed by atoms with E-state index in [1.807, 2.05) is 43.3 Å². The van der Waals surface area contributed by atoms with E-state index < -0.39 is 11.6 Å². The molecule has 0 bridgehead atoms. The molecule has 0 aromatic heterocycles. The lowest BCUT2D eigenvalue weighted by molar-refractivity contribution is -0.120. The Kier molecular flexibility index (Phi) is 6.47. The molecule has 2 N–H and O–H groups in total. The third-order valence-corrected chi connectivity index (χ3v) is 3.95. The lowest BCUT2D eigenvalue weighted by Crippen LogP contribution is -2.34. The van der Waals surface area contributed by atoms with Crippen LogP contribution in [0.4, 0.5) is 14.5 Å². The first kappa shape index (κ1) is 18.9. The molecule has 0 unspecified atom stereocenters. The lowest BCUT2D eigenvalue weighted by atomic mass is 10.1. The van der Waals surface area contributed by atoms with E-state index in [0.29, 0.717) is 12.1 Å². The average molecular weight is 347 g/mol. The van der Waals surface area contributed by atoms with Crippen LogP contribution in [-0.2, 0) is 11.3 Å². The van der Waals surface area contributed by atoms with Gasteiger partial charge in [0, 0.05) is 32.4 Å². The lowest BCUT2D eigenvalue weighted by Gasteiger charge is -2.15. The van der Waals surface area contributed by atoms with E-state index in [9.17, 15) is 13.6 Å². The van der Waals surface area contributed by atoms with Gasteiger partial charge in [0.15, 0.2) is 11.6 Å². The molecule has 2 aromatic rings. The van der Waals surface area contributed by atoms with Crippen LogP contribution in [0.3, 0.4) is 0 Å². The Balaban J connectivity index is 1.79. The predicted octanol–water partition coefficient (Wildman–Crippen LogP) is 3.00.